The zero-order valence-electron chi connectivity index (χ0n) is 11.1. The summed E-state index contributed by atoms with van der Waals surface area (Å²) in [5.74, 6) is 0. The van der Waals surface area contributed by atoms with Gasteiger partial charge >= 0.3 is 15.7 Å². The summed E-state index contributed by atoms with van der Waals surface area (Å²) in [6, 6.07) is 0. The van der Waals surface area contributed by atoms with E-state index in [0.717, 1.165) is 0 Å². The van der Waals surface area contributed by atoms with E-state index in [2.05, 4.69) is 0 Å². The highest BCUT2D eigenvalue weighted by Crippen LogP contribution is 2.35. The van der Waals surface area contributed by atoms with Gasteiger partial charge in [0.2, 0.25) is 0 Å². The maximum absolute atomic E-state index is 6.50. The zero-order valence-corrected chi connectivity index (χ0v) is 16.4. The van der Waals surface area contributed by atoms with Crippen LogP contribution in [0.25, 0.3) is 0 Å². The number of hydrogen-bond acceptors (Lipinski definition) is 5. The Labute approximate surface area is 125 Å². The Morgan fingerprint density at radius 1 is 0.611 bits per heavy atom. The summed E-state index contributed by atoms with van der Waals surface area (Å²) in [6.45, 7) is 0. The van der Waals surface area contributed by atoms with Crippen LogP contribution in [-0.4, -0.2) is 58.9 Å². The van der Waals surface area contributed by atoms with Gasteiger partial charge in [0, 0.05) is 46.9 Å². The molecule has 0 unspecified atom stereocenters. The van der Waals surface area contributed by atoms with Crippen LogP contribution in [0.2, 0.25) is 11.3 Å². The summed E-state index contributed by atoms with van der Waals surface area (Å²) in [6.07, 6.45) is 0. The molecule has 0 saturated heterocycles. The molecule has 0 spiro atoms. The van der Waals surface area contributed by atoms with Crippen molar-refractivity contribution in [3.8, 4) is 0 Å². The molecule has 0 aromatic carbocycles. The fourth-order valence-corrected chi connectivity index (χ4v) is 20.0. The Balaban J connectivity index is 4.91. The fraction of sp³-hybridized carbons (Fsp3) is 1.00. The SMILES string of the molecule is CO[Si](Cl)(C[Si](Cl)(OC)OC)C[Si](Cl)(OC)OC. The molecule has 0 bridgehead atoms. The molecule has 0 amide bonds. The predicted molar refractivity (Wildman–Crippen MR) is 79.5 cm³/mol. The molecule has 0 aromatic heterocycles. The van der Waals surface area contributed by atoms with E-state index in [1.54, 1.807) is 0 Å². The summed E-state index contributed by atoms with van der Waals surface area (Å²) in [7, 11) is -0.971. The second-order valence-corrected chi connectivity index (χ2v) is 18.4. The third-order valence-electron chi connectivity index (χ3n) is 2.54. The average Bonchev–Trinajstić information content (AvgIpc) is 2.38. The molecule has 110 valence electrons. The van der Waals surface area contributed by atoms with Gasteiger partial charge in [0.25, 0.3) is 7.63 Å². The second-order valence-electron chi connectivity index (χ2n) is 3.58. The van der Waals surface area contributed by atoms with Gasteiger partial charge in [-0.2, -0.15) is 0 Å². The van der Waals surface area contributed by atoms with E-state index in [4.69, 9.17) is 55.4 Å². The quantitative estimate of drug-likeness (QED) is 0.458. The summed E-state index contributed by atoms with van der Waals surface area (Å²) in [5, 5.41) is 0. The summed E-state index contributed by atoms with van der Waals surface area (Å²) < 4.78 is 26.3. The van der Waals surface area contributed by atoms with Crippen LogP contribution in [0.15, 0.2) is 0 Å². The van der Waals surface area contributed by atoms with Crippen molar-refractivity contribution in [3.05, 3.63) is 0 Å². The van der Waals surface area contributed by atoms with Gasteiger partial charge in [-0.15, -0.1) is 11.1 Å². The standard InChI is InChI=1S/C7H19Cl3O5Si3/c1-11-16(8,6-17(9,12-2)13-3)7-18(10,14-4)15-5/h6-7H2,1-5H3. The van der Waals surface area contributed by atoms with Crippen LogP contribution in [0.1, 0.15) is 0 Å². The minimum atomic E-state index is -2.85. The van der Waals surface area contributed by atoms with E-state index in [1.807, 2.05) is 0 Å². The van der Waals surface area contributed by atoms with Crippen molar-refractivity contribution >= 4 is 56.6 Å². The first-order chi connectivity index (χ1) is 8.22. The molecule has 0 saturated carbocycles. The van der Waals surface area contributed by atoms with Crippen LogP contribution in [0.4, 0.5) is 0 Å². The Morgan fingerprint density at radius 2 is 0.889 bits per heavy atom. The molecular weight excluding hydrogens is 355 g/mol. The van der Waals surface area contributed by atoms with Gasteiger partial charge in [0.05, 0.1) is 0 Å². The number of hydrogen-bond donors (Lipinski definition) is 0. The number of halogens is 3. The van der Waals surface area contributed by atoms with Crippen LogP contribution in [0, 0.1) is 0 Å². The monoisotopic (exact) mass is 372 g/mol. The van der Waals surface area contributed by atoms with Crippen molar-refractivity contribution in [2.24, 2.45) is 0 Å². The second kappa shape index (κ2) is 7.93. The molecule has 0 heterocycles. The summed E-state index contributed by atoms with van der Waals surface area (Å²) in [4.78, 5) is 0. The summed E-state index contributed by atoms with van der Waals surface area (Å²) >= 11 is 19.0. The van der Waals surface area contributed by atoms with Crippen molar-refractivity contribution in [1.29, 1.82) is 0 Å². The van der Waals surface area contributed by atoms with Crippen molar-refractivity contribution in [1.82, 2.24) is 0 Å². The van der Waals surface area contributed by atoms with E-state index in [9.17, 15) is 0 Å². The van der Waals surface area contributed by atoms with E-state index < -0.39 is 23.4 Å². The first-order valence-corrected chi connectivity index (χ1v) is 14.4. The van der Waals surface area contributed by atoms with E-state index in [-0.39, 0.29) is 0 Å². The maximum atomic E-state index is 6.50. The third-order valence-corrected chi connectivity index (χ3v) is 20.4. The number of rotatable bonds is 9. The van der Waals surface area contributed by atoms with Crippen molar-refractivity contribution in [3.63, 3.8) is 0 Å². The van der Waals surface area contributed by atoms with Gasteiger partial charge in [-0.25, -0.2) is 0 Å². The Morgan fingerprint density at radius 3 is 1.06 bits per heavy atom. The van der Waals surface area contributed by atoms with Crippen LogP contribution in [0.5, 0.6) is 0 Å². The molecule has 11 heteroatoms. The lowest BCUT2D eigenvalue weighted by molar-refractivity contribution is 0.263. The minimum Gasteiger partial charge on any atom is -0.406 e. The molecule has 0 aliphatic carbocycles. The normalized spacial score (nSPS) is 14.0. The Bertz CT molecular complexity index is 232. The molecule has 0 aliphatic rings. The fourth-order valence-electron chi connectivity index (χ4n) is 1.29. The minimum absolute atomic E-state index is 0.320. The Hall–Kier alpha value is 1.32. The molecule has 0 atom stereocenters. The van der Waals surface area contributed by atoms with Gasteiger partial charge in [-0.1, -0.05) is 22.2 Å². The average molecular weight is 374 g/mol. The topological polar surface area (TPSA) is 46.2 Å². The molecule has 0 rings (SSSR count). The van der Waals surface area contributed by atoms with Crippen LogP contribution < -0.4 is 0 Å². The van der Waals surface area contributed by atoms with Gasteiger partial charge < -0.3 is 22.1 Å². The van der Waals surface area contributed by atoms with Gasteiger partial charge in [0.1, 0.15) is 0 Å². The Kier molecular flexibility index (Phi) is 8.52. The van der Waals surface area contributed by atoms with Gasteiger partial charge in [-0.3, -0.25) is 0 Å². The van der Waals surface area contributed by atoms with E-state index in [0.29, 0.717) is 11.3 Å². The third kappa shape index (κ3) is 5.75. The highest BCUT2D eigenvalue weighted by Gasteiger charge is 2.53. The van der Waals surface area contributed by atoms with Crippen molar-refractivity contribution < 1.29 is 22.1 Å². The van der Waals surface area contributed by atoms with Gasteiger partial charge in [-0.05, 0) is 0 Å². The van der Waals surface area contributed by atoms with Crippen molar-refractivity contribution in [2.45, 2.75) is 11.3 Å². The molecule has 0 aliphatic heterocycles. The predicted octanol–water partition coefficient (Wildman–Crippen LogP) is 2.33. The molecule has 0 radical (unpaired) electrons. The van der Waals surface area contributed by atoms with Crippen LogP contribution in [0.3, 0.4) is 0 Å². The molecule has 0 N–H and O–H groups in total. The zero-order chi connectivity index (χ0) is 14.4. The highest BCUT2D eigenvalue weighted by atomic mass is 35.6. The van der Waals surface area contributed by atoms with Crippen molar-refractivity contribution in [2.75, 3.05) is 35.5 Å². The highest BCUT2D eigenvalue weighted by molar-refractivity contribution is 7.32. The van der Waals surface area contributed by atoms with E-state index in [1.165, 1.54) is 35.5 Å². The van der Waals surface area contributed by atoms with E-state index >= 15 is 0 Å². The smallest absolute Gasteiger partial charge is 0.406 e. The lowest BCUT2D eigenvalue weighted by Gasteiger charge is -2.32. The first kappa shape index (κ1) is 19.3. The van der Waals surface area contributed by atoms with Crippen LogP contribution >= 0.6 is 33.2 Å². The van der Waals surface area contributed by atoms with Crippen LogP contribution in [-0.2, 0) is 22.1 Å². The summed E-state index contributed by atoms with van der Waals surface area (Å²) in [5.41, 5.74) is 0.640. The molecule has 18 heavy (non-hydrogen) atoms. The first-order valence-electron chi connectivity index (χ1n) is 5.04. The molecular formula is C7H19Cl3O5Si3. The molecule has 5 nitrogen and oxygen atoms in total. The molecule has 0 fully saturated rings. The lowest BCUT2D eigenvalue weighted by atomic mass is 11.8. The molecule has 0 aromatic rings. The largest absolute Gasteiger partial charge is 0.443 e. The maximum Gasteiger partial charge on any atom is 0.443 e. The van der Waals surface area contributed by atoms with Gasteiger partial charge in [0.15, 0.2) is 0 Å². The lowest BCUT2D eigenvalue weighted by Crippen LogP contribution is -2.51.